The number of methoxy groups -OCH3 is 1. The zero-order valence-electron chi connectivity index (χ0n) is 21.1. The molecule has 39 heavy (non-hydrogen) atoms. The largest absolute Gasteiger partial charge is 0.490 e. The number of fused-ring (bicyclic) bond motifs is 1. The van der Waals surface area contributed by atoms with Gasteiger partial charge in [-0.1, -0.05) is 17.7 Å². The van der Waals surface area contributed by atoms with E-state index in [1.165, 1.54) is 36.8 Å². The molecule has 1 aromatic heterocycles. The van der Waals surface area contributed by atoms with Gasteiger partial charge < -0.3 is 19.5 Å². The van der Waals surface area contributed by atoms with Gasteiger partial charge in [0.2, 0.25) is 0 Å². The lowest BCUT2D eigenvalue weighted by molar-refractivity contribution is -0.136. The Morgan fingerprint density at radius 1 is 1.10 bits per heavy atom. The molecule has 3 aromatic rings. The fourth-order valence-electron chi connectivity index (χ4n) is 3.97. The van der Waals surface area contributed by atoms with E-state index in [0.717, 1.165) is 29.7 Å². The summed E-state index contributed by atoms with van der Waals surface area (Å²) in [6.07, 6.45) is 3.79. The van der Waals surface area contributed by atoms with E-state index in [9.17, 15) is 18.8 Å². The Kier molecular flexibility index (Phi) is 9.15. The molecular formula is C27H25ClFN3O6S. The minimum atomic E-state index is -1.00. The lowest BCUT2D eigenvalue weighted by Gasteiger charge is -2.13. The minimum absolute atomic E-state index is 0.0999. The second-order valence-corrected chi connectivity index (χ2v) is 9.88. The molecule has 0 unspecified atom stereocenters. The number of nitrogens with zero attached hydrogens (tertiary/aromatic N) is 1. The van der Waals surface area contributed by atoms with Gasteiger partial charge in [0.25, 0.3) is 0 Å². The Morgan fingerprint density at radius 2 is 1.92 bits per heavy atom. The zero-order valence-corrected chi connectivity index (χ0v) is 22.7. The smallest absolute Gasteiger partial charge is 0.341 e. The summed E-state index contributed by atoms with van der Waals surface area (Å²) in [6.45, 7) is 2.28. The molecule has 1 aliphatic carbocycles. The molecular weight excluding hydrogens is 549 g/mol. The van der Waals surface area contributed by atoms with Crippen LogP contribution in [-0.4, -0.2) is 37.7 Å². The number of ether oxygens (including phenoxy) is 3. The third-order valence-electron chi connectivity index (χ3n) is 5.79. The van der Waals surface area contributed by atoms with Gasteiger partial charge in [0.05, 0.1) is 30.5 Å². The number of benzene rings is 2. The topological polar surface area (TPSA) is 115 Å². The van der Waals surface area contributed by atoms with Crippen molar-refractivity contribution in [2.24, 2.45) is 5.10 Å². The van der Waals surface area contributed by atoms with Gasteiger partial charge in [-0.3, -0.25) is 9.59 Å². The molecule has 0 fully saturated rings. The van der Waals surface area contributed by atoms with Gasteiger partial charge in [-0.15, -0.1) is 11.3 Å². The molecule has 0 spiro atoms. The number of rotatable bonds is 9. The van der Waals surface area contributed by atoms with Gasteiger partial charge in [-0.25, -0.2) is 14.6 Å². The number of esters is 1. The number of nitrogens with one attached hydrogen (secondary N) is 2. The monoisotopic (exact) mass is 573 g/mol. The summed E-state index contributed by atoms with van der Waals surface area (Å²) in [6, 6.07) is 9.03. The normalized spacial score (nSPS) is 12.2. The van der Waals surface area contributed by atoms with Crippen LogP contribution in [0.1, 0.15) is 45.3 Å². The summed E-state index contributed by atoms with van der Waals surface area (Å²) in [7, 11) is 1.27. The number of anilines is 1. The van der Waals surface area contributed by atoms with Gasteiger partial charge in [0, 0.05) is 10.4 Å². The highest BCUT2D eigenvalue weighted by atomic mass is 35.5. The lowest BCUT2D eigenvalue weighted by atomic mass is 10.1. The van der Waals surface area contributed by atoms with Crippen LogP contribution in [0.2, 0.25) is 5.02 Å². The maximum atomic E-state index is 13.3. The third-order valence-corrected chi connectivity index (χ3v) is 7.35. The third kappa shape index (κ3) is 6.73. The van der Waals surface area contributed by atoms with Gasteiger partial charge in [0.1, 0.15) is 17.4 Å². The van der Waals surface area contributed by atoms with Crippen LogP contribution in [-0.2, 0) is 33.8 Å². The minimum Gasteiger partial charge on any atom is -0.490 e. The summed E-state index contributed by atoms with van der Waals surface area (Å²) in [5.41, 5.74) is 4.51. The number of aryl methyl sites for hydroxylation is 1. The molecule has 2 aromatic carbocycles. The number of amides is 2. The fraction of sp³-hybridized carbons (Fsp3) is 0.259. The average molecular weight is 574 g/mol. The molecule has 1 heterocycles. The average Bonchev–Trinajstić information content (AvgIpc) is 3.49. The second kappa shape index (κ2) is 12.7. The first-order valence-corrected chi connectivity index (χ1v) is 13.2. The van der Waals surface area contributed by atoms with Crippen molar-refractivity contribution in [2.75, 3.05) is 19.0 Å². The maximum absolute atomic E-state index is 13.3. The second-order valence-electron chi connectivity index (χ2n) is 8.37. The first-order chi connectivity index (χ1) is 18.8. The van der Waals surface area contributed by atoms with Crippen molar-refractivity contribution in [1.82, 2.24) is 5.43 Å². The number of halogens is 2. The van der Waals surface area contributed by atoms with Crippen LogP contribution in [0, 0.1) is 5.82 Å². The summed E-state index contributed by atoms with van der Waals surface area (Å²) in [5.74, 6) is -2.10. The number of thiophene rings is 1. The number of hydrazone groups is 1. The van der Waals surface area contributed by atoms with E-state index in [2.05, 4.69) is 15.8 Å². The molecule has 0 aliphatic heterocycles. The fourth-order valence-corrected chi connectivity index (χ4v) is 5.47. The Balaban J connectivity index is 1.38. The van der Waals surface area contributed by atoms with Crippen molar-refractivity contribution >= 4 is 51.9 Å². The maximum Gasteiger partial charge on any atom is 0.341 e. The molecule has 0 saturated carbocycles. The predicted molar refractivity (Wildman–Crippen MR) is 145 cm³/mol. The highest BCUT2D eigenvalue weighted by Gasteiger charge is 2.29. The molecule has 1 aliphatic rings. The first-order valence-electron chi connectivity index (χ1n) is 12.0. The Morgan fingerprint density at radius 3 is 2.67 bits per heavy atom. The van der Waals surface area contributed by atoms with Crippen LogP contribution < -0.4 is 20.2 Å². The van der Waals surface area contributed by atoms with Crippen LogP contribution in [0.25, 0.3) is 0 Å². The summed E-state index contributed by atoms with van der Waals surface area (Å²) >= 11 is 7.34. The van der Waals surface area contributed by atoms with Crippen LogP contribution >= 0.6 is 22.9 Å². The van der Waals surface area contributed by atoms with Crippen molar-refractivity contribution < 1.29 is 33.0 Å². The standard InChI is InChI=1S/C27H25ClFN3O6S/c1-3-37-21-11-15(7-10-20(21)38-14-16-8-9-17(29)12-19(16)28)13-30-32-25(34)24(33)31-26-23(27(35)36-2)18-5-4-6-22(18)39-26/h7-13H,3-6,14H2,1-2H3,(H,31,33)(H,32,34)/b30-13+. The highest BCUT2D eigenvalue weighted by Crippen LogP contribution is 2.39. The van der Waals surface area contributed by atoms with Crippen molar-refractivity contribution in [1.29, 1.82) is 0 Å². The van der Waals surface area contributed by atoms with Crippen LogP contribution in [0.15, 0.2) is 41.5 Å². The van der Waals surface area contributed by atoms with E-state index in [0.29, 0.717) is 34.8 Å². The van der Waals surface area contributed by atoms with Gasteiger partial charge >= 0.3 is 17.8 Å². The highest BCUT2D eigenvalue weighted by molar-refractivity contribution is 7.17. The Bertz CT molecular complexity index is 1440. The number of carbonyl (C=O) groups is 3. The Labute approximate surface area is 232 Å². The van der Waals surface area contributed by atoms with E-state index < -0.39 is 23.6 Å². The molecule has 0 radical (unpaired) electrons. The van der Waals surface area contributed by atoms with Crippen LogP contribution in [0.4, 0.5) is 9.39 Å². The van der Waals surface area contributed by atoms with Crippen LogP contribution in [0.5, 0.6) is 11.5 Å². The molecule has 0 atom stereocenters. The van der Waals surface area contributed by atoms with E-state index in [1.54, 1.807) is 24.3 Å². The summed E-state index contributed by atoms with van der Waals surface area (Å²) < 4.78 is 29.6. The van der Waals surface area contributed by atoms with E-state index in [-0.39, 0.29) is 16.6 Å². The SMILES string of the molecule is CCOc1cc(/C=N/NC(=O)C(=O)Nc2sc3c(c2C(=O)OC)CCC3)ccc1OCc1ccc(F)cc1Cl. The number of hydrogen-bond donors (Lipinski definition) is 2. The molecule has 204 valence electrons. The van der Waals surface area contributed by atoms with E-state index >= 15 is 0 Å². The molecule has 2 N–H and O–H groups in total. The molecule has 9 nitrogen and oxygen atoms in total. The Hall–Kier alpha value is -3.96. The van der Waals surface area contributed by atoms with Crippen molar-refractivity contribution in [3.63, 3.8) is 0 Å². The van der Waals surface area contributed by atoms with Crippen molar-refractivity contribution in [2.45, 2.75) is 32.8 Å². The van der Waals surface area contributed by atoms with Crippen molar-refractivity contribution in [3.05, 3.63) is 74.4 Å². The van der Waals surface area contributed by atoms with Gasteiger partial charge in [0.15, 0.2) is 11.5 Å². The summed E-state index contributed by atoms with van der Waals surface area (Å²) in [5, 5.41) is 6.88. The lowest BCUT2D eigenvalue weighted by Crippen LogP contribution is -2.32. The zero-order chi connectivity index (χ0) is 27.9. The van der Waals surface area contributed by atoms with E-state index in [1.807, 2.05) is 6.92 Å². The molecule has 4 rings (SSSR count). The van der Waals surface area contributed by atoms with E-state index in [4.69, 9.17) is 25.8 Å². The molecule has 12 heteroatoms. The number of carbonyl (C=O) groups excluding carboxylic acids is 3. The van der Waals surface area contributed by atoms with Crippen LogP contribution in [0.3, 0.4) is 0 Å². The predicted octanol–water partition coefficient (Wildman–Crippen LogP) is 4.88. The molecule has 2 amide bonds. The molecule has 0 bridgehead atoms. The summed E-state index contributed by atoms with van der Waals surface area (Å²) in [4.78, 5) is 38.0. The number of hydrogen-bond acceptors (Lipinski definition) is 8. The quantitative estimate of drug-likeness (QED) is 0.163. The first kappa shape index (κ1) is 28.1. The van der Waals surface area contributed by atoms with Crippen molar-refractivity contribution in [3.8, 4) is 11.5 Å². The molecule has 0 saturated heterocycles. The van der Waals surface area contributed by atoms with Gasteiger partial charge in [-0.05, 0) is 67.6 Å². The van der Waals surface area contributed by atoms with Gasteiger partial charge in [-0.2, -0.15) is 5.10 Å².